The van der Waals surface area contributed by atoms with Crippen LogP contribution in [0.3, 0.4) is 0 Å². The van der Waals surface area contributed by atoms with E-state index < -0.39 is 0 Å². The van der Waals surface area contributed by atoms with Gasteiger partial charge in [0, 0.05) is 45.1 Å². The van der Waals surface area contributed by atoms with Gasteiger partial charge in [-0.05, 0) is 79.3 Å². The minimum atomic E-state index is 0.873. The van der Waals surface area contributed by atoms with Gasteiger partial charge in [-0.3, -0.25) is 4.98 Å². The zero-order valence-corrected chi connectivity index (χ0v) is 17.6. The van der Waals surface area contributed by atoms with Crippen LogP contribution in [0.15, 0.2) is 60.8 Å². The molecule has 2 aliphatic rings. The third-order valence-corrected chi connectivity index (χ3v) is 5.68. The van der Waals surface area contributed by atoms with Gasteiger partial charge in [0.2, 0.25) is 0 Å². The van der Waals surface area contributed by atoms with Crippen molar-refractivity contribution in [1.82, 2.24) is 24.9 Å². The average Bonchev–Trinajstić information content (AvgIpc) is 3.59. The third-order valence-electron chi connectivity index (χ3n) is 5.68. The predicted molar refractivity (Wildman–Crippen MR) is 131 cm³/mol. The highest BCUT2D eigenvalue weighted by Gasteiger charge is 2.10. The Hall–Kier alpha value is -4.25. The van der Waals surface area contributed by atoms with E-state index in [4.69, 9.17) is 4.98 Å². The van der Waals surface area contributed by atoms with Crippen LogP contribution in [0.5, 0.6) is 0 Å². The SMILES string of the molecule is CCc1ncccc1-c1cc2cc3ccc(cc4nc(cc5nc(cc1[nH]2)C=C5)C=C4)[nH]3. The molecule has 0 spiro atoms. The summed E-state index contributed by atoms with van der Waals surface area (Å²) in [5, 5.41) is 0. The molecule has 4 aromatic rings. The molecule has 0 unspecified atom stereocenters. The molecule has 0 radical (unpaired) electrons. The molecule has 2 N–H and O–H groups in total. The van der Waals surface area contributed by atoms with Crippen LogP contribution in [0.1, 0.15) is 35.4 Å². The lowest BCUT2D eigenvalue weighted by Crippen LogP contribution is -1.90. The molecule has 4 aromatic heterocycles. The van der Waals surface area contributed by atoms with Gasteiger partial charge in [0.1, 0.15) is 0 Å². The fourth-order valence-corrected chi connectivity index (χ4v) is 4.21. The van der Waals surface area contributed by atoms with Crippen molar-refractivity contribution >= 4 is 46.4 Å². The van der Waals surface area contributed by atoms with Gasteiger partial charge >= 0.3 is 0 Å². The lowest BCUT2D eigenvalue weighted by atomic mass is 10.0. The van der Waals surface area contributed by atoms with Gasteiger partial charge in [-0.15, -0.1) is 0 Å². The largest absolute Gasteiger partial charge is 0.355 e. The van der Waals surface area contributed by atoms with E-state index in [9.17, 15) is 0 Å². The summed E-state index contributed by atoms with van der Waals surface area (Å²) in [6.07, 6.45) is 10.8. The first-order valence-electron chi connectivity index (χ1n) is 10.8. The quantitative estimate of drug-likeness (QED) is 0.350. The molecule has 5 heteroatoms. The second-order valence-electron chi connectivity index (χ2n) is 7.94. The van der Waals surface area contributed by atoms with Crippen LogP contribution in [0.4, 0.5) is 0 Å². The number of rotatable bonds is 2. The van der Waals surface area contributed by atoms with E-state index in [2.05, 4.69) is 63.3 Å². The first-order valence-corrected chi connectivity index (χ1v) is 10.8. The van der Waals surface area contributed by atoms with E-state index >= 15 is 0 Å². The number of hydrogen-bond acceptors (Lipinski definition) is 3. The second kappa shape index (κ2) is 7.46. The smallest absolute Gasteiger partial charge is 0.0659 e. The summed E-state index contributed by atoms with van der Waals surface area (Å²) >= 11 is 0. The van der Waals surface area contributed by atoms with Crippen LogP contribution in [-0.2, 0) is 6.42 Å². The van der Waals surface area contributed by atoms with Gasteiger partial charge in [-0.2, -0.15) is 0 Å². The molecule has 154 valence electrons. The summed E-state index contributed by atoms with van der Waals surface area (Å²) in [7, 11) is 0. The lowest BCUT2D eigenvalue weighted by molar-refractivity contribution is 1.04. The number of hydrogen-bond donors (Lipinski definition) is 2. The number of H-pyrrole nitrogens is 2. The van der Waals surface area contributed by atoms with E-state index in [1.807, 2.05) is 48.7 Å². The Labute approximate surface area is 185 Å². The monoisotopic (exact) mass is 415 g/mol. The summed E-state index contributed by atoms with van der Waals surface area (Å²) in [6.45, 7) is 2.14. The van der Waals surface area contributed by atoms with Crippen molar-refractivity contribution in [2.45, 2.75) is 13.3 Å². The molecule has 5 nitrogen and oxygen atoms in total. The Morgan fingerprint density at radius 3 is 2.09 bits per heavy atom. The van der Waals surface area contributed by atoms with Gasteiger partial charge < -0.3 is 9.97 Å². The molecule has 0 saturated carbocycles. The highest BCUT2D eigenvalue weighted by atomic mass is 14.8. The highest BCUT2D eigenvalue weighted by molar-refractivity contribution is 5.88. The van der Waals surface area contributed by atoms with Crippen molar-refractivity contribution in [3.63, 3.8) is 0 Å². The zero-order valence-electron chi connectivity index (χ0n) is 17.6. The minimum Gasteiger partial charge on any atom is -0.355 e. The topological polar surface area (TPSA) is 70.2 Å². The number of aromatic amines is 2. The molecule has 0 aliphatic carbocycles. The summed E-state index contributed by atoms with van der Waals surface area (Å²) in [5.41, 5.74) is 11.0. The molecule has 8 bridgehead atoms. The van der Waals surface area contributed by atoms with Crippen molar-refractivity contribution in [1.29, 1.82) is 0 Å². The summed E-state index contributed by atoms with van der Waals surface area (Å²) in [4.78, 5) is 21.1. The molecule has 6 heterocycles. The van der Waals surface area contributed by atoms with Crippen molar-refractivity contribution < 1.29 is 0 Å². The summed E-state index contributed by atoms with van der Waals surface area (Å²) in [6, 6.07) is 18.7. The first kappa shape index (κ1) is 18.5. The maximum absolute atomic E-state index is 4.78. The van der Waals surface area contributed by atoms with Gasteiger partial charge in [0.25, 0.3) is 0 Å². The Morgan fingerprint density at radius 1 is 0.656 bits per heavy atom. The molecule has 2 aliphatic heterocycles. The van der Waals surface area contributed by atoms with Crippen LogP contribution < -0.4 is 0 Å². The number of pyridine rings is 1. The number of nitrogens with one attached hydrogen (secondary N) is 2. The molecule has 32 heavy (non-hydrogen) atoms. The van der Waals surface area contributed by atoms with Crippen LogP contribution in [0, 0.1) is 0 Å². The van der Waals surface area contributed by atoms with Crippen LogP contribution in [0.25, 0.3) is 57.5 Å². The maximum atomic E-state index is 4.78. The van der Waals surface area contributed by atoms with E-state index in [-0.39, 0.29) is 0 Å². The predicted octanol–water partition coefficient (Wildman–Crippen LogP) is 6.28. The Kier molecular flexibility index (Phi) is 4.32. The van der Waals surface area contributed by atoms with Gasteiger partial charge in [0.15, 0.2) is 0 Å². The van der Waals surface area contributed by atoms with E-state index in [0.717, 1.165) is 68.1 Å². The van der Waals surface area contributed by atoms with Crippen molar-refractivity contribution in [3.05, 3.63) is 89.3 Å². The van der Waals surface area contributed by atoms with E-state index in [1.165, 1.54) is 0 Å². The fraction of sp³-hybridized carbons (Fsp3) is 0.0741. The Balaban J connectivity index is 1.68. The standard InChI is InChI=1S/C27H21N5/c1-2-26-24(4-3-11-28-26)25-15-23-14-21-8-7-19(30-21)12-17-5-6-18(29-17)13-20-9-10-22(31-20)16-27(25)32-23/h3-16,30,32H,2H2,1H3. The van der Waals surface area contributed by atoms with Crippen molar-refractivity contribution in [2.75, 3.05) is 0 Å². The number of fused-ring (bicyclic) bond motifs is 8. The van der Waals surface area contributed by atoms with Gasteiger partial charge in [-0.1, -0.05) is 13.0 Å². The molecular weight excluding hydrogens is 394 g/mol. The van der Waals surface area contributed by atoms with Crippen molar-refractivity contribution in [3.8, 4) is 11.1 Å². The Bertz CT molecular complexity index is 1570. The maximum Gasteiger partial charge on any atom is 0.0659 e. The van der Waals surface area contributed by atoms with E-state index in [0.29, 0.717) is 0 Å². The minimum absolute atomic E-state index is 0.873. The number of nitrogens with zero attached hydrogens (tertiary/aromatic N) is 3. The molecule has 0 aromatic carbocycles. The van der Waals surface area contributed by atoms with Gasteiger partial charge in [-0.25, -0.2) is 9.97 Å². The molecule has 6 rings (SSSR count). The first-order chi connectivity index (χ1) is 15.7. The third kappa shape index (κ3) is 3.44. The molecular formula is C27H21N5. The summed E-state index contributed by atoms with van der Waals surface area (Å²) in [5.74, 6) is 0. The van der Waals surface area contributed by atoms with Crippen LogP contribution in [-0.4, -0.2) is 24.9 Å². The van der Waals surface area contributed by atoms with Crippen molar-refractivity contribution in [2.24, 2.45) is 0 Å². The molecule has 0 fully saturated rings. The summed E-state index contributed by atoms with van der Waals surface area (Å²) < 4.78 is 0. The molecule has 0 saturated heterocycles. The second-order valence-corrected chi connectivity index (χ2v) is 7.94. The van der Waals surface area contributed by atoms with Crippen LogP contribution >= 0.6 is 0 Å². The number of aromatic nitrogens is 5. The van der Waals surface area contributed by atoms with Crippen LogP contribution in [0.2, 0.25) is 0 Å². The van der Waals surface area contributed by atoms with Gasteiger partial charge in [0.05, 0.1) is 22.8 Å². The fourth-order valence-electron chi connectivity index (χ4n) is 4.21. The lowest BCUT2D eigenvalue weighted by Gasteiger charge is -2.04. The average molecular weight is 416 g/mol. The van der Waals surface area contributed by atoms with E-state index in [1.54, 1.807) is 0 Å². The highest BCUT2D eigenvalue weighted by Crippen LogP contribution is 2.29. The Morgan fingerprint density at radius 2 is 1.34 bits per heavy atom. The zero-order chi connectivity index (χ0) is 21.5. The molecule has 0 amide bonds. The molecule has 0 atom stereocenters. The number of aryl methyl sites for hydroxylation is 1. The normalized spacial score (nSPS) is 12.4.